The number of nitrogens with two attached hydrogens (primary N) is 1. The second kappa shape index (κ2) is 5.81. The molecule has 23 heavy (non-hydrogen) atoms. The fourth-order valence-electron chi connectivity index (χ4n) is 2.46. The quantitative estimate of drug-likeness (QED) is 0.756. The van der Waals surface area contributed by atoms with E-state index in [1.165, 1.54) is 9.13 Å². The van der Waals surface area contributed by atoms with Crippen molar-refractivity contribution in [2.45, 2.75) is 33.0 Å². The van der Waals surface area contributed by atoms with Crippen LogP contribution in [0.5, 0.6) is 0 Å². The Kier molecular flexibility index (Phi) is 3.83. The van der Waals surface area contributed by atoms with Crippen LogP contribution in [0.25, 0.3) is 10.9 Å². The molecular formula is C15H17N5O3. The molecule has 0 amide bonds. The van der Waals surface area contributed by atoms with Gasteiger partial charge in [-0.25, -0.2) is 4.79 Å². The van der Waals surface area contributed by atoms with Gasteiger partial charge in [0.25, 0.3) is 5.56 Å². The lowest BCUT2D eigenvalue weighted by Gasteiger charge is -2.11. The molecule has 0 saturated carbocycles. The topological polar surface area (TPSA) is 109 Å². The van der Waals surface area contributed by atoms with Crippen molar-refractivity contribution in [1.82, 2.24) is 19.3 Å². The molecule has 8 heteroatoms. The highest BCUT2D eigenvalue weighted by Gasteiger charge is 2.15. The molecule has 0 aliphatic rings. The van der Waals surface area contributed by atoms with Crippen LogP contribution in [0, 0.1) is 0 Å². The second-order valence-electron chi connectivity index (χ2n) is 5.27. The normalized spacial score (nSPS) is 12.7. The largest absolute Gasteiger partial charge is 0.337 e. The highest BCUT2D eigenvalue weighted by atomic mass is 16.5. The summed E-state index contributed by atoms with van der Waals surface area (Å²) in [5, 5.41) is 4.26. The van der Waals surface area contributed by atoms with Gasteiger partial charge in [-0.1, -0.05) is 17.3 Å². The maximum absolute atomic E-state index is 12.6. The van der Waals surface area contributed by atoms with E-state index in [0.29, 0.717) is 16.7 Å². The minimum Gasteiger partial charge on any atom is -0.337 e. The minimum atomic E-state index is -0.406. The van der Waals surface area contributed by atoms with E-state index in [2.05, 4.69) is 10.1 Å². The van der Waals surface area contributed by atoms with Gasteiger partial charge in [0.15, 0.2) is 5.82 Å². The number of hydrogen-bond donors (Lipinski definition) is 1. The molecule has 8 nitrogen and oxygen atoms in total. The Morgan fingerprint density at radius 2 is 2.00 bits per heavy atom. The fourth-order valence-corrected chi connectivity index (χ4v) is 2.46. The number of aromatic nitrogens is 4. The Labute approximate surface area is 131 Å². The molecule has 1 atom stereocenters. The van der Waals surface area contributed by atoms with E-state index >= 15 is 0 Å². The zero-order valence-corrected chi connectivity index (χ0v) is 12.9. The lowest BCUT2D eigenvalue weighted by Crippen LogP contribution is -2.39. The van der Waals surface area contributed by atoms with E-state index in [1.807, 2.05) is 0 Å². The van der Waals surface area contributed by atoms with E-state index in [-0.39, 0.29) is 30.6 Å². The first kappa shape index (κ1) is 15.2. The molecule has 120 valence electrons. The number of hydrogen-bond acceptors (Lipinski definition) is 6. The van der Waals surface area contributed by atoms with Gasteiger partial charge in [-0.3, -0.25) is 13.9 Å². The lowest BCUT2D eigenvalue weighted by molar-refractivity contribution is 0.362. The van der Waals surface area contributed by atoms with Gasteiger partial charge in [-0.2, -0.15) is 4.98 Å². The summed E-state index contributed by atoms with van der Waals surface area (Å²) in [4.78, 5) is 29.1. The van der Waals surface area contributed by atoms with Crippen molar-refractivity contribution in [1.29, 1.82) is 0 Å². The maximum Gasteiger partial charge on any atom is 0.331 e. The Balaban J connectivity index is 2.19. The van der Waals surface area contributed by atoms with Crippen molar-refractivity contribution in [2.75, 3.05) is 0 Å². The van der Waals surface area contributed by atoms with Crippen LogP contribution in [-0.2, 0) is 13.1 Å². The van der Waals surface area contributed by atoms with Crippen molar-refractivity contribution in [3.8, 4) is 0 Å². The highest BCUT2D eigenvalue weighted by Crippen LogP contribution is 2.11. The van der Waals surface area contributed by atoms with Crippen molar-refractivity contribution in [2.24, 2.45) is 5.73 Å². The molecule has 2 aromatic heterocycles. The first-order valence-corrected chi connectivity index (χ1v) is 7.33. The van der Waals surface area contributed by atoms with Crippen LogP contribution in [0.3, 0.4) is 0 Å². The summed E-state index contributed by atoms with van der Waals surface area (Å²) in [6.07, 6.45) is 0. The van der Waals surface area contributed by atoms with Crippen LogP contribution >= 0.6 is 0 Å². The smallest absolute Gasteiger partial charge is 0.331 e. The Bertz CT molecular complexity index is 967. The van der Waals surface area contributed by atoms with Crippen molar-refractivity contribution < 1.29 is 4.52 Å². The van der Waals surface area contributed by atoms with Crippen LogP contribution < -0.4 is 17.0 Å². The second-order valence-corrected chi connectivity index (χ2v) is 5.27. The van der Waals surface area contributed by atoms with Crippen LogP contribution in [0.1, 0.15) is 31.6 Å². The molecule has 0 spiro atoms. The van der Waals surface area contributed by atoms with Crippen molar-refractivity contribution in [3.63, 3.8) is 0 Å². The Hall–Kier alpha value is -2.74. The van der Waals surface area contributed by atoms with Gasteiger partial charge in [0.1, 0.15) is 6.54 Å². The molecule has 0 saturated heterocycles. The number of fused-ring (bicyclic) bond motifs is 1. The van der Waals surface area contributed by atoms with E-state index < -0.39 is 5.69 Å². The summed E-state index contributed by atoms with van der Waals surface area (Å²) in [5.41, 5.74) is 5.54. The summed E-state index contributed by atoms with van der Waals surface area (Å²) >= 11 is 0. The number of rotatable bonds is 4. The molecule has 3 aromatic rings. The van der Waals surface area contributed by atoms with E-state index in [4.69, 9.17) is 10.3 Å². The zero-order valence-electron chi connectivity index (χ0n) is 12.9. The predicted molar refractivity (Wildman–Crippen MR) is 84.1 cm³/mol. The van der Waals surface area contributed by atoms with Gasteiger partial charge in [-0.15, -0.1) is 0 Å². The lowest BCUT2D eigenvalue weighted by atomic mass is 10.2. The summed E-state index contributed by atoms with van der Waals surface area (Å²) in [6, 6.07) is 6.60. The predicted octanol–water partition coefficient (Wildman–Crippen LogP) is 0.634. The number of para-hydroxylation sites is 1. The SMILES string of the molecule is CCn1c(=O)c2ccccc2n(Cc2nc(C(C)N)no2)c1=O. The van der Waals surface area contributed by atoms with Gasteiger partial charge in [-0.05, 0) is 26.0 Å². The third-order valence-corrected chi connectivity index (χ3v) is 3.63. The molecule has 2 N–H and O–H groups in total. The van der Waals surface area contributed by atoms with Crippen LogP contribution in [-0.4, -0.2) is 19.3 Å². The molecular weight excluding hydrogens is 298 g/mol. The number of nitrogens with zero attached hydrogens (tertiary/aromatic N) is 4. The molecule has 2 heterocycles. The van der Waals surface area contributed by atoms with Gasteiger partial charge in [0.2, 0.25) is 5.89 Å². The van der Waals surface area contributed by atoms with Crippen molar-refractivity contribution >= 4 is 10.9 Å². The summed E-state index contributed by atoms with van der Waals surface area (Å²) < 4.78 is 7.79. The van der Waals surface area contributed by atoms with Gasteiger partial charge < -0.3 is 10.3 Å². The van der Waals surface area contributed by atoms with Crippen LogP contribution in [0.15, 0.2) is 38.4 Å². The van der Waals surface area contributed by atoms with Crippen molar-refractivity contribution in [3.05, 3.63) is 56.8 Å². The standard InChI is InChI=1S/C15H17N5O3/c1-3-19-14(21)10-6-4-5-7-11(10)20(15(19)22)8-12-17-13(9(2)16)18-23-12/h4-7,9H,3,8,16H2,1-2H3. The number of benzene rings is 1. The minimum absolute atomic E-state index is 0.0827. The highest BCUT2D eigenvalue weighted by molar-refractivity contribution is 5.77. The molecule has 1 aromatic carbocycles. The molecule has 0 radical (unpaired) electrons. The Morgan fingerprint density at radius 3 is 2.65 bits per heavy atom. The third-order valence-electron chi connectivity index (χ3n) is 3.63. The monoisotopic (exact) mass is 315 g/mol. The molecule has 1 unspecified atom stereocenters. The average Bonchev–Trinajstić information content (AvgIpc) is 3.01. The molecule has 0 aliphatic carbocycles. The Morgan fingerprint density at radius 1 is 1.26 bits per heavy atom. The first-order chi connectivity index (χ1) is 11.0. The summed E-state index contributed by atoms with van der Waals surface area (Å²) in [7, 11) is 0. The van der Waals surface area contributed by atoms with E-state index in [9.17, 15) is 9.59 Å². The third kappa shape index (κ3) is 2.57. The molecule has 0 fully saturated rings. The average molecular weight is 315 g/mol. The fraction of sp³-hybridized carbons (Fsp3) is 0.333. The van der Waals surface area contributed by atoms with Gasteiger partial charge >= 0.3 is 5.69 Å². The van der Waals surface area contributed by atoms with E-state index in [1.54, 1.807) is 38.1 Å². The van der Waals surface area contributed by atoms with E-state index in [0.717, 1.165) is 0 Å². The summed E-state index contributed by atoms with van der Waals surface area (Å²) in [5.74, 6) is 0.645. The molecule has 0 aliphatic heterocycles. The van der Waals surface area contributed by atoms with Gasteiger partial charge in [0, 0.05) is 6.54 Å². The van der Waals surface area contributed by atoms with Crippen LogP contribution in [0.4, 0.5) is 0 Å². The first-order valence-electron chi connectivity index (χ1n) is 7.33. The summed E-state index contributed by atoms with van der Waals surface area (Å²) in [6.45, 7) is 3.87. The molecule has 3 rings (SSSR count). The maximum atomic E-state index is 12.6. The molecule has 0 bridgehead atoms. The zero-order chi connectivity index (χ0) is 16.6. The van der Waals surface area contributed by atoms with Crippen LogP contribution in [0.2, 0.25) is 0 Å². The van der Waals surface area contributed by atoms with Gasteiger partial charge in [0.05, 0.1) is 16.9 Å².